The van der Waals surface area contributed by atoms with E-state index in [2.05, 4.69) is 5.92 Å². The molecule has 2 aliphatic rings. The number of fused-ring (bicyclic) bond motifs is 1. The van der Waals surface area contributed by atoms with Gasteiger partial charge in [-0.25, -0.2) is 4.79 Å². The third kappa shape index (κ3) is 2.07. The number of hydrogen-bond donors (Lipinski definition) is 1. The van der Waals surface area contributed by atoms with E-state index >= 15 is 0 Å². The number of carbonyl (C=O) groups is 1. The van der Waals surface area contributed by atoms with E-state index in [9.17, 15) is 4.79 Å². The molecule has 1 aliphatic heterocycles. The Labute approximate surface area is 89.2 Å². The first-order valence-corrected chi connectivity index (χ1v) is 5.23. The van der Waals surface area contributed by atoms with Gasteiger partial charge in [-0.15, -0.1) is 6.42 Å². The van der Waals surface area contributed by atoms with E-state index in [4.69, 9.17) is 16.3 Å². The number of rotatable bonds is 2. The lowest BCUT2D eigenvalue weighted by molar-refractivity contribution is 0.0728. The highest BCUT2D eigenvalue weighted by Crippen LogP contribution is 2.39. The maximum atomic E-state index is 10.8. The number of terminal acetylenes is 1. The maximum absolute atomic E-state index is 10.8. The lowest BCUT2D eigenvalue weighted by atomic mass is 10.0. The summed E-state index contributed by atoms with van der Waals surface area (Å²) in [7, 11) is 0. The van der Waals surface area contributed by atoms with Crippen molar-refractivity contribution < 1.29 is 14.6 Å². The highest BCUT2D eigenvalue weighted by Gasteiger charge is 2.42. The number of hydrogen-bond acceptors (Lipinski definition) is 2. The van der Waals surface area contributed by atoms with Crippen LogP contribution in [0.25, 0.3) is 0 Å². The SMILES string of the molecule is C#CCOC1C[C@@H]2CN(C(=O)O)C[C@@H]2C1. The van der Waals surface area contributed by atoms with E-state index in [0.29, 0.717) is 31.5 Å². The van der Waals surface area contributed by atoms with Crippen molar-refractivity contribution in [2.24, 2.45) is 11.8 Å². The molecule has 1 saturated carbocycles. The fourth-order valence-corrected chi connectivity index (χ4v) is 2.70. The summed E-state index contributed by atoms with van der Waals surface area (Å²) < 4.78 is 5.48. The van der Waals surface area contributed by atoms with Crippen LogP contribution in [0.4, 0.5) is 4.79 Å². The molecule has 0 aromatic heterocycles. The van der Waals surface area contributed by atoms with E-state index in [1.807, 2.05) is 0 Å². The number of amides is 1. The molecule has 1 heterocycles. The van der Waals surface area contributed by atoms with E-state index in [-0.39, 0.29) is 6.10 Å². The van der Waals surface area contributed by atoms with Gasteiger partial charge in [0.2, 0.25) is 0 Å². The van der Waals surface area contributed by atoms with E-state index in [1.165, 1.54) is 4.90 Å². The first kappa shape index (κ1) is 10.3. The highest BCUT2D eigenvalue weighted by atomic mass is 16.5. The minimum atomic E-state index is -0.800. The molecule has 15 heavy (non-hydrogen) atoms. The van der Waals surface area contributed by atoms with Gasteiger partial charge in [-0.2, -0.15) is 0 Å². The Hall–Kier alpha value is -1.21. The van der Waals surface area contributed by atoms with Gasteiger partial charge >= 0.3 is 6.09 Å². The molecule has 0 aromatic rings. The van der Waals surface area contributed by atoms with Crippen LogP contribution in [0, 0.1) is 24.2 Å². The molecular formula is C11H15NO3. The van der Waals surface area contributed by atoms with E-state index in [0.717, 1.165) is 12.8 Å². The van der Waals surface area contributed by atoms with Crippen molar-refractivity contribution in [1.29, 1.82) is 0 Å². The molecule has 3 atom stereocenters. The zero-order valence-electron chi connectivity index (χ0n) is 8.56. The summed E-state index contributed by atoms with van der Waals surface area (Å²) >= 11 is 0. The van der Waals surface area contributed by atoms with Gasteiger partial charge in [-0.1, -0.05) is 5.92 Å². The number of nitrogens with zero attached hydrogens (tertiary/aromatic N) is 1. The van der Waals surface area contributed by atoms with Gasteiger partial charge < -0.3 is 14.7 Å². The summed E-state index contributed by atoms with van der Waals surface area (Å²) in [6, 6.07) is 0. The smallest absolute Gasteiger partial charge is 0.407 e. The van der Waals surface area contributed by atoms with Crippen molar-refractivity contribution in [2.75, 3.05) is 19.7 Å². The standard InChI is InChI=1S/C11H15NO3/c1-2-3-15-10-4-8-6-12(11(13)14)7-9(8)5-10/h1,8-10H,3-7H2,(H,13,14)/t8-,9+,10?. The fraction of sp³-hybridized carbons (Fsp3) is 0.727. The molecule has 4 nitrogen and oxygen atoms in total. The summed E-state index contributed by atoms with van der Waals surface area (Å²) in [5.74, 6) is 3.41. The van der Waals surface area contributed by atoms with Gasteiger partial charge in [0.1, 0.15) is 6.61 Å². The van der Waals surface area contributed by atoms with Gasteiger partial charge in [0, 0.05) is 13.1 Å². The molecule has 1 amide bonds. The van der Waals surface area contributed by atoms with E-state index < -0.39 is 6.09 Å². The largest absolute Gasteiger partial charge is 0.465 e. The third-order valence-electron chi connectivity index (χ3n) is 3.38. The number of ether oxygens (including phenoxy) is 1. The van der Waals surface area contributed by atoms with Crippen LogP contribution in [-0.4, -0.2) is 41.9 Å². The molecule has 0 spiro atoms. The van der Waals surface area contributed by atoms with Crippen molar-refractivity contribution in [3.05, 3.63) is 0 Å². The van der Waals surface area contributed by atoms with Crippen LogP contribution < -0.4 is 0 Å². The number of carboxylic acid groups (broad SMARTS) is 1. The molecular weight excluding hydrogens is 194 g/mol. The average Bonchev–Trinajstić information content (AvgIpc) is 2.71. The van der Waals surface area contributed by atoms with Gasteiger partial charge in [0.25, 0.3) is 0 Å². The molecule has 0 aromatic carbocycles. The van der Waals surface area contributed by atoms with Crippen molar-refractivity contribution in [3.63, 3.8) is 0 Å². The zero-order chi connectivity index (χ0) is 10.8. The Morgan fingerprint density at radius 3 is 2.53 bits per heavy atom. The van der Waals surface area contributed by atoms with Crippen LogP contribution in [0.1, 0.15) is 12.8 Å². The van der Waals surface area contributed by atoms with Gasteiger partial charge in [0.05, 0.1) is 6.10 Å². The molecule has 0 bridgehead atoms. The Kier molecular flexibility index (Phi) is 2.83. The van der Waals surface area contributed by atoms with Crippen molar-refractivity contribution in [1.82, 2.24) is 4.90 Å². The van der Waals surface area contributed by atoms with Gasteiger partial charge in [-0.3, -0.25) is 0 Å². The summed E-state index contributed by atoms with van der Waals surface area (Å²) in [5, 5.41) is 8.84. The van der Waals surface area contributed by atoms with Crippen LogP contribution in [0.3, 0.4) is 0 Å². The predicted molar refractivity (Wildman–Crippen MR) is 54.4 cm³/mol. The van der Waals surface area contributed by atoms with Crippen molar-refractivity contribution >= 4 is 6.09 Å². The highest BCUT2D eigenvalue weighted by molar-refractivity contribution is 5.65. The molecule has 1 unspecified atom stereocenters. The molecule has 1 saturated heterocycles. The number of likely N-dealkylation sites (tertiary alicyclic amines) is 1. The topological polar surface area (TPSA) is 49.8 Å². The second-order valence-corrected chi connectivity index (χ2v) is 4.32. The molecule has 4 heteroatoms. The Balaban J connectivity index is 1.83. The maximum Gasteiger partial charge on any atom is 0.407 e. The summed E-state index contributed by atoms with van der Waals surface area (Å²) in [6.07, 6.45) is 6.47. The average molecular weight is 209 g/mol. The minimum Gasteiger partial charge on any atom is -0.465 e. The minimum absolute atomic E-state index is 0.243. The molecule has 0 radical (unpaired) electrons. The quantitative estimate of drug-likeness (QED) is 0.691. The molecule has 1 N–H and O–H groups in total. The van der Waals surface area contributed by atoms with Crippen LogP contribution in [0.5, 0.6) is 0 Å². The first-order chi connectivity index (χ1) is 7.20. The monoisotopic (exact) mass is 209 g/mol. The van der Waals surface area contributed by atoms with Crippen LogP contribution in [0.2, 0.25) is 0 Å². The van der Waals surface area contributed by atoms with Crippen molar-refractivity contribution in [3.8, 4) is 12.3 Å². The third-order valence-corrected chi connectivity index (χ3v) is 3.38. The van der Waals surface area contributed by atoms with Crippen LogP contribution >= 0.6 is 0 Å². The lowest BCUT2D eigenvalue weighted by Gasteiger charge is -2.15. The van der Waals surface area contributed by atoms with Gasteiger partial charge in [0.15, 0.2) is 0 Å². The van der Waals surface area contributed by atoms with Crippen LogP contribution in [0.15, 0.2) is 0 Å². The normalized spacial score (nSPS) is 33.8. The Bertz CT molecular complexity index is 283. The molecule has 2 fully saturated rings. The summed E-state index contributed by atoms with van der Waals surface area (Å²) in [5.41, 5.74) is 0. The molecule has 2 rings (SSSR count). The predicted octanol–water partition coefficient (Wildman–Crippen LogP) is 1.02. The first-order valence-electron chi connectivity index (χ1n) is 5.23. The summed E-state index contributed by atoms with van der Waals surface area (Å²) in [6.45, 7) is 1.69. The Morgan fingerprint density at radius 2 is 2.07 bits per heavy atom. The van der Waals surface area contributed by atoms with Crippen molar-refractivity contribution in [2.45, 2.75) is 18.9 Å². The molecule has 1 aliphatic carbocycles. The van der Waals surface area contributed by atoms with E-state index in [1.54, 1.807) is 0 Å². The second kappa shape index (κ2) is 4.11. The lowest BCUT2D eigenvalue weighted by Crippen LogP contribution is -2.28. The zero-order valence-corrected chi connectivity index (χ0v) is 8.56. The van der Waals surface area contributed by atoms with Gasteiger partial charge in [-0.05, 0) is 24.7 Å². The second-order valence-electron chi connectivity index (χ2n) is 4.32. The fourth-order valence-electron chi connectivity index (χ4n) is 2.70. The summed E-state index contributed by atoms with van der Waals surface area (Å²) in [4.78, 5) is 12.3. The molecule has 82 valence electrons. The Morgan fingerprint density at radius 1 is 1.47 bits per heavy atom. The van der Waals surface area contributed by atoms with Crippen LogP contribution in [-0.2, 0) is 4.74 Å².